The van der Waals surface area contributed by atoms with Gasteiger partial charge in [0, 0.05) is 17.6 Å². The highest BCUT2D eigenvalue weighted by Crippen LogP contribution is 2.16. The van der Waals surface area contributed by atoms with Gasteiger partial charge in [-0.3, -0.25) is 0 Å². The Morgan fingerprint density at radius 3 is 0.826 bits per heavy atom. The van der Waals surface area contributed by atoms with Crippen LogP contribution in [0.25, 0.3) is 0 Å². The Hall–Kier alpha value is 0.434. The Balaban J connectivity index is 0. The molecule has 0 fully saturated rings. The molecule has 0 spiro atoms. The summed E-state index contributed by atoms with van der Waals surface area (Å²) in [6.07, 6.45) is 13.0. The van der Waals surface area contributed by atoms with Gasteiger partial charge in [0.1, 0.15) is 0 Å². The predicted molar refractivity (Wildman–Crippen MR) is 119 cm³/mol. The van der Waals surface area contributed by atoms with Gasteiger partial charge in [-0.15, -0.1) is 0 Å². The van der Waals surface area contributed by atoms with Crippen molar-refractivity contribution in [2.45, 2.75) is 136 Å². The van der Waals surface area contributed by atoms with E-state index in [4.69, 9.17) is 0 Å². The zero-order valence-electron chi connectivity index (χ0n) is 17.8. The van der Waals surface area contributed by atoms with Gasteiger partial charge in [0.25, 0.3) is 0 Å². The van der Waals surface area contributed by atoms with Crippen molar-refractivity contribution in [2.75, 3.05) is 0 Å². The molecule has 0 N–H and O–H groups in total. The zero-order valence-corrected chi connectivity index (χ0v) is 20.1. The van der Waals surface area contributed by atoms with Crippen molar-refractivity contribution in [1.82, 2.24) is 0 Å². The molecule has 0 rings (SSSR count). The monoisotopic (exact) mass is 358 g/mol. The van der Waals surface area contributed by atoms with E-state index in [0.717, 1.165) is 0 Å². The van der Waals surface area contributed by atoms with Gasteiger partial charge in [-0.2, -0.15) is 0 Å². The van der Waals surface area contributed by atoms with Crippen molar-refractivity contribution in [1.29, 1.82) is 0 Å². The van der Waals surface area contributed by atoms with Crippen molar-refractivity contribution < 1.29 is 0 Å². The minimum atomic E-state index is -0.287. The molecule has 0 bridgehead atoms. The highest BCUT2D eigenvalue weighted by Gasteiger charge is 2.08. The van der Waals surface area contributed by atoms with E-state index in [-0.39, 0.29) is 17.6 Å². The van der Waals surface area contributed by atoms with Gasteiger partial charge in [-0.25, -0.2) is 0 Å². The fourth-order valence-electron chi connectivity index (χ4n) is 3.57. The smallest absolute Gasteiger partial charge is 0.0367 e. The van der Waals surface area contributed by atoms with E-state index < -0.39 is 0 Å². The van der Waals surface area contributed by atoms with Crippen LogP contribution in [-0.2, 0) is 0 Å². The molecule has 0 aliphatic heterocycles. The first-order valence-electron chi connectivity index (χ1n) is 11.2. The van der Waals surface area contributed by atoms with Crippen LogP contribution in [0.5, 0.6) is 0 Å². The molecule has 0 aromatic rings. The fraction of sp³-hybridized carbons (Fsp3) is 1.00. The lowest BCUT2D eigenvalue weighted by Gasteiger charge is -2.13. The lowest BCUT2D eigenvalue weighted by atomic mass is 10.4. The summed E-state index contributed by atoms with van der Waals surface area (Å²) >= 11 is 0. The zero-order chi connectivity index (χ0) is 17.8. The summed E-state index contributed by atoms with van der Waals surface area (Å²) in [4.78, 5) is 0. The van der Waals surface area contributed by atoms with Crippen LogP contribution in [0.2, 0.25) is 36.3 Å². The van der Waals surface area contributed by atoms with E-state index in [1.54, 1.807) is 36.3 Å². The fourth-order valence-corrected chi connectivity index (χ4v) is 10.7. The Kier molecular flexibility index (Phi) is 25.0. The maximum absolute atomic E-state index is 2.32. The summed E-state index contributed by atoms with van der Waals surface area (Å²) in [7, 11) is -0.521. The van der Waals surface area contributed by atoms with Crippen LogP contribution >= 0.6 is 0 Å². The summed E-state index contributed by atoms with van der Waals surface area (Å²) in [6, 6.07) is 9.62. The molecule has 0 saturated heterocycles. The number of rotatable bonds is 15. The van der Waals surface area contributed by atoms with E-state index in [1.807, 2.05) is 0 Å². The van der Waals surface area contributed by atoms with E-state index in [0.29, 0.717) is 0 Å². The van der Waals surface area contributed by atoms with E-state index in [1.165, 1.54) is 57.8 Å². The maximum Gasteiger partial charge on any atom is 0.0367 e. The first-order chi connectivity index (χ1) is 11.2. The maximum atomic E-state index is 2.32. The Bertz CT molecular complexity index is 161. The second kappa shape index (κ2) is 22.4. The van der Waals surface area contributed by atoms with Crippen LogP contribution in [0, 0.1) is 0 Å². The third-order valence-corrected chi connectivity index (χ3v) is 12.8. The van der Waals surface area contributed by atoms with Gasteiger partial charge in [0.05, 0.1) is 0 Å². The molecule has 142 valence electrons. The van der Waals surface area contributed by atoms with Gasteiger partial charge in [-0.1, -0.05) is 136 Å². The van der Waals surface area contributed by atoms with Crippen molar-refractivity contribution in [3.05, 3.63) is 0 Å². The van der Waals surface area contributed by atoms with Crippen molar-refractivity contribution >= 4 is 17.6 Å². The largest absolute Gasteiger partial charge is 0.0657 e. The molecule has 0 atom stereocenters. The van der Waals surface area contributed by atoms with Gasteiger partial charge >= 0.3 is 0 Å². The SMILES string of the molecule is CCCC[SiH](CCCC)CCCC.CCC[SiH](CCC)CCC. The van der Waals surface area contributed by atoms with E-state index in [9.17, 15) is 0 Å². The van der Waals surface area contributed by atoms with E-state index in [2.05, 4.69) is 41.5 Å². The third-order valence-electron chi connectivity index (χ3n) is 4.99. The molecule has 23 heavy (non-hydrogen) atoms. The predicted octanol–water partition coefficient (Wildman–Crippen LogP) is 8.06. The molecule has 0 heterocycles. The first-order valence-corrected chi connectivity index (χ1v) is 16.1. The minimum absolute atomic E-state index is 0.234. The average molecular weight is 359 g/mol. The standard InChI is InChI=1S/C12H28Si.C9H22Si/c1-4-7-10-13(11-8-5-2)12-9-6-3;1-4-7-10(8-5-2)9-6-3/h13H,4-12H2,1-3H3;10H,4-9H2,1-3H3. The molecule has 0 aliphatic rings. The van der Waals surface area contributed by atoms with Crippen LogP contribution in [0.15, 0.2) is 0 Å². The van der Waals surface area contributed by atoms with Crippen LogP contribution in [0.3, 0.4) is 0 Å². The molecule has 2 heteroatoms. The van der Waals surface area contributed by atoms with Crippen LogP contribution < -0.4 is 0 Å². The highest BCUT2D eigenvalue weighted by molar-refractivity contribution is 6.59. The molecule has 0 nitrogen and oxygen atoms in total. The lowest BCUT2D eigenvalue weighted by Crippen LogP contribution is -2.11. The van der Waals surface area contributed by atoms with Crippen molar-refractivity contribution in [2.24, 2.45) is 0 Å². The number of unbranched alkanes of at least 4 members (excludes halogenated alkanes) is 3. The Morgan fingerprint density at radius 2 is 0.609 bits per heavy atom. The molecule has 0 unspecified atom stereocenters. The third kappa shape index (κ3) is 20.4. The Labute approximate surface area is 153 Å². The van der Waals surface area contributed by atoms with Crippen molar-refractivity contribution in [3.63, 3.8) is 0 Å². The highest BCUT2D eigenvalue weighted by atomic mass is 28.3. The summed E-state index contributed by atoms with van der Waals surface area (Å²) in [5.74, 6) is 0. The van der Waals surface area contributed by atoms with Gasteiger partial charge in [-0.05, 0) is 0 Å². The van der Waals surface area contributed by atoms with Gasteiger partial charge in [0.15, 0.2) is 0 Å². The second-order valence-electron chi connectivity index (χ2n) is 7.52. The summed E-state index contributed by atoms with van der Waals surface area (Å²) in [5, 5.41) is 0. The molecule has 0 aromatic heterocycles. The number of hydrogen-bond acceptors (Lipinski definition) is 0. The second-order valence-corrected chi connectivity index (χ2v) is 14.5. The topological polar surface area (TPSA) is 0 Å². The molecule has 0 saturated carbocycles. The summed E-state index contributed by atoms with van der Waals surface area (Å²) in [6.45, 7) is 13.9. The van der Waals surface area contributed by atoms with Crippen LogP contribution in [0.4, 0.5) is 0 Å². The summed E-state index contributed by atoms with van der Waals surface area (Å²) < 4.78 is 0. The average Bonchev–Trinajstić information content (AvgIpc) is 2.55. The first kappa shape index (κ1) is 25.7. The Morgan fingerprint density at radius 1 is 0.348 bits per heavy atom. The van der Waals surface area contributed by atoms with E-state index >= 15 is 0 Å². The quantitative estimate of drug-likeness (QED) is 0.260. The van der Waals surface area contributed by atoms with Gasteiger partial charge < -0.3 is 0 Å². The molecule has 0 radical (unpaired) electrons. The summed E-state index contributed by atoms with van der Waals surface area (Å²) in [5.41, 5.74) is 0. The lowest BCUT2D eigenvalue weighted by molar-refractivity contribution is 0.812. The van der Waals surface area contributed by atoms with Crippen LogP contribution in [-0.4, -0.2) is 17.6 Å². The molecular formula is C21H50Si2. The van der Waals surface area contributed by atoms with Crippen LogP contribution in [0.1, 0.15) is 99.3 Å². The molecular weight excluding hydrogens is 308 g/mol. The van der Waals surface area contributed by atoms with Crippen molar-refractivity contribution in [3.8, 4) is 0 Å². The molecule has 0 aliphatic carbocycles. The molecule has 0 amide bonds. The normalized spacial score (nSPS) is 11.0. The number of hydrogen-bond donors (Lipinski definition) is 0. The molecule has 0 aromatic carbocycles. The van der Waals surface area contributed by atoms with Gasteiger partial charge in [0.2, 0.25) is 0 Å². The minimum Gasteiger partial charge on any atom is -0.0657 e.